The van der Waals surface area contributed by atoms with Crippen molar-refractivity contribution in [2.45, 2.75) is 13.0 Å². The fourth-order valence-electron chi connectivity index (χ4n) is 5.33. The molecule has 5 aromatic heterocycles. The van der Waals surface area contributed by atoms with Crippen LogP contribution in [0.2, 0.25) is 0 Å². The van der Waals surface area contributed by atoms with Crippen LogP contribution < -0.4 is 0 Å². The smallest absolute Gasteiger partial charge is 0.282 e. The van der Waals surface area contributed by atoms with E-state index in [0.29, 0.717) is 13.1 Å². The molecule has 1 aliphatic heterocycles. The number of carbonyl (C=O) groups excluding carboxylic acids is 1. The molecule has 219 valence electrons. The molecule has 7 rings (SSSR count). The molecule has 1 aromatic carbocycles. The third-order valence-electron chi connectivity index (χ3n) is 7.75. The maximum atomic E-state index is 13.2. The molecule has 6 aromatic rings. The molecule has 1 fully saturated rings. The summed E-state index contributed by atoms with van der Waals surface area (Å²) in [5, 5.41) is 13.0. The average molecular weight is 587 g/mol. The highest BCUT2D eigenvalue weighted by Gasteiger charge is 2.33. The number of hydrogen-bond donors (Lipinski definition) is 0. The Balaban J connectivity index is 0.00000357. The topological polar surface area (TPSA) is 98.5 Å². The first-order valence-electron chi connectivity index (χ1n) is 14.0. The number of aromatic nitrogens is 8. The number of carbonyl (C=O) groups is 1. The van der Waals surface area contributed by atoms with Crippen molar-refractivity contribution in [3.63, 3.8) is 0 Å². The molecule has 0 saturated carbocycles. The number of rotatable bonds is 8. The summed E-state index contributed by atoms with van der Waals surface area (Å²) in [4.78, 5) is 22.0. The normalized spacial score (nSPS) is 13.9. The Bertz CT molecular complexity index is 2100. The third-order valence-corrected chi connectivity index (χ3v) is 7.75. The number of allylic oxidation sites excluding steroid dienone is 1. The molecule has 1 amide bonds. The number of benzene rings is 1. The van der Waals surface area contributed by atoms with Gasteiger partial charge in [0.15, 0.2) is 11.5 Å². The van der Waals surface area contributed by atoms with Crippen LogP contribution in [-0.2, 0) is 4.79 Å². The summed E-state index contributed by atoms with van der Waals surface area (Å²) in [5.41, 5.74) is 8.68. The van der Waals surface area contributed by atoms with Crippen molar-refractivity contribution < 1.29 is 10.6 Å². The molecule has 6 heterocycles. The lowest BCUT2D eigenvalue weighted by Gasteiger charge is -2.38. The summed E-state index contributed by atoms with van der Waals surface area (Å²) in [5.74, 6) is -1.61. The first-order chi connectivity index (χ1) is 21.4. The molecule has 0 aliphatic carbocycles. The molecule has 0 spiro atoms. The summed E-state index contributed by atoms with van der Waals surface area (Å²) in [6.45, 7) is 5.97. The number of nitrogens with zero attached hydrogens (tertiary/aromatic N) is 9. The maximum absolute atomic E-state index is 13.2. The number of pyridine rings is 1. The predicted molar refractivity (Wildman–Crippen MR) is 168 cm³/mol. The van der Waals surface area contributed by atoms with Crippen molar-refractivity contribution in [2.75, 3.05) is 13.1 Å². The van der Waals surface area contributed by atoms with Gasteiger partial charge in [0.25, 0.3) is 5.91 Å². The number of fused-ring (bicyclic) bond motifs is 2. The van der Waals surface area contributed by atoms with Crippen LogP contribution in [0.25, 0.3) is 40.5 Å². The lowest BCUT2D eigenvalue weighted by molar-refractivity contribution is -0.134. The number of hydrogen-bond acceptors (Lipinski definition) is 6. The molecule has 0 atom stereocenters. The quantitative estimate of drug-likeness (QED) is 0.219. The highest BCUT2D eigenvalue weighted by atomic mass is 19.1. The van der Waals surface area contributed by atoms with Crippen LogP contribution in [-0.4, -0.2) is 62.9 Å². The molecule has 0 bridgehead atoms. The molecule has 0 N–H and O–H groups in total. The molecule has 1 saturated heterocycles. The van der Waals surface area contributed by atoms with Crippen molar-refractivity contribution in [3.05, 3.63) is 127 Å². The van der Waals surface area contributed by atoms with Crippen LogP contribution in [0.1, 0.15) is 35.4 Å². The highest BCUT2D eigenvalue weighted by molar-refractivity contribution is 5.91. The zero-order valence-corrected chi connectivity index (χ0v) is 23.8. The Labute approximate surface area is 253 Å². The van der Waals surface area contributed by atoms with E-state index in [4.69, 9.17) is 0 Å². The van der Waals surface area contributed by atoms with Gasteiger partial charge in [-0.25, -0.2) is 23.4 Å². The summed E-state index contributed by atoms with van der Waals surface area (Å²) in [7, 11) is 0. The van der Waals surface area contributed by atoms with Crippen LogP contribution in [0.3, 0.4) is 0 Å². The second kappa shape index (κ2) is 11.2. The first kappa shape index (κ1) is 27.1. The van der Waals surface area contributed by atoms with E-state index in [1.807, 2.05) is 66.1 Å². The average Bonchev–Trinajstić information content (AvgIpc) is 3.76. The second-order valence-corrected chi connectivity index (χ2v) is 10.6. The SMILES string of the molecule is C=C(F)C(=O)N1CC(n2cc(-c3ccn4ncnc(/C=C\c5ccc(/C=C/[CH]c6ccn7ncnc7c6)c(C)c5)c34)cn2)C1.[HH]. The summed E-state index contributed by atoms with van der Waals surface area (Å²) in [6.07, 6.45) is 20.8. The Morgan fingerprint density at radius 3 is 2.64 bits per heavy atom. The molecular formula is C33H29FN9O. The van der Waals surface area contributed by atoms with Crippen molar-refractivity contribution in [2.24, 2.45) is 0 Å². The standard InChI is InChI=1S/C33H27FN9O.H2/c1-22-14-25(6-8-26(22)5-3-4-24-10-12-41-31(15-24)36-21-38-41)7-9-30-32-29(11-13-42(32)39-20-35-30)27-16-37-43(17-27)28-18-40(19-28)33(44)23(2)34;/h3-17,20-21,28H,2,18-19H2,1H3;1H/b5-3+,9-7-;. The molecular weight excluding hydrogens is 557 g/mol. The maximum Gasteiger partial charge on any atom is 0.282 e. The number of aryl methyl sites for hydroxylation is 1. The monoisotopic (exact) mass is 586 g/mol. The van der Waals surface area contributed by atoms with E-state index in [2.05, 4.69) is 63.0 Å². The van der Waals surface area contributed by atoms with E-state index in [1.165, 1.54) is 11.2 Å². The van der Waals surface area contributed by atoms with Crippen LogP contribution in [0.5, 0.6) is 0 Å². The zero-order chi connectivity index (χ0) is 30.2. The molecule has 1 radical (unpaired) electrons. The molecule has 0 unspecified atom stereocenters. The van der Waals surface area contributed by atoms with Gasteiger partial charge in [-0.15, -0.1) is 0 Å². The zero-order valence-electron chi connectivity index (χ0n) is 23.8. The largest absolute Gasteiger partial charge is 0.332 e. The number of halogens is 1. The van der Waals surface area contributed by atoms with Crippen LogP contribution in [0.4, 0.5) is 4.39 Å². The van der Waals surface area contributed by atoms with Crippen molar-refractivity contribution in [1.82, 2.24) is 43.9 Å². The highest BCUT2D eigenvalue weighted by Crippen LogP contribution is 2.30. The Morgan fingerprint density at radius 1 is 0.977 bits per heavy atom. The number of amides is 1. The van der Waals surface area contributed by atoms with Crippen molar-refractivity contribution >= 4 is 35.3 Å². The predicted octanol–water partition coefficient (Wildman–Crippen LogP) is 5.49. The lowest BCUT2D eigenvalue weighted by Crippen LogP contribution is -2.50. The second-order valence-electron chi connectivity index (χ2n) is 10.6. The fraction of sp³-hybridized carbons (Fsp3) is 0.121. The third kappa shape index (κ3) is 5.19. The Kier molecular flexibility index (Phi) is 6.89. The van der Waals surface area contributed by atoms with Crippen molar-refractivity contribution in [3.8, 4) is 11.1 Å². The summed E-state index contributed by atoms with van der Waals surface area (Å²) in [6, 6.07) is 12.3. The fourth-order valence-corrected chi connectivity index (χ4v) is 5.33. The molecule has 10 nitrogen and oxygen atoms in total. The Morgan fingerprint density at radius 2 is 1.80 bits per heavy atom. The van der Waals surface area contributed by atoms with E-state index < -0.39 is 11.7 Å². The van der Waals surface area contributed by atoms with E-state index in [1.54, 1.807) is 21.6 Å². The van der Waals surface area contributed by atoms with Gasteiger partial charge in [-0.2, -0.15) is 15.3 Å². The van der Waals surface area contributed by atoms with E-state index in [9.17, 15) is 9.18 Å². The van der Waals surface area contributed by atoms with Crippen molar-refractivity contribution in [1.29, 1.82) is 0 Å². The Hall–Kier alpha value is -5.71. The van der Waals surface area contributed by atoms with Crippen LogP contribution >= 0.6 is 0 Å². The minimum Gasteiger partial charge on any atom is -0.332 e. The van der Waals surface area contributed by atoms with Gasteiger partial charge >= 0.3 is 0 Å². The molecule has 1 aliphatic rings. The molecule has 44 heavy (non-hydrogen) atoms. The first-order valence-corrected chi connectivity index (χ1v) is 14.0. The van der Waals surface area contributed by atoms with Gasteiger partial charge in [0.2, 0.25) is 0 Å². The van der Waals surface area contributed by atoms with Gasteiger partial charge in [0.1, 0.15) is 12.7 Å². The lowest BCUT2D eigenvalue weighted by atomic mass is 10.0. The van der Waals surface area contributed by atoms with E-state index >= 15 is 0 Å². The van der Waals surface area contributed by atoms with Gasteiger partial charge < -0.3 is 4.90 Å². The minimum absolute atomic E-state index is 0. The van der Waals surface area contributed by atoms with E-state index in [0.717, 1.165) is 50.2 Å². The van der Waals surface area contributed by atoms with Gasteiger partial charge in [-0.1, -0.05) is 43.0 Å². The summed E-state index contributed by atoms with van der Waals surface area (Å²) >= 11 is 0. The van der Waals surface area contributed by atoms with Gasteiger partial charge in [-0.05, 0) is 53.5 Å². The van der Waals surface area contributed by atoms with Gasteiger partial charge in [-0.3, -0.25) is 9.48 Å². The summed E-state index contributed by atoms with van der Waals surface area (Å²) < 4.78 is 18.5. The van der Waals surface area contributed by atoms with E-state index in [-0.39, 0.29) is 7.47 Å². The molecule has 11 heteroatoms. The van der Waals surface area contributed by atoms with Gasteiger partial charge in [0.05, 0.1) is 23.4 Å². The van der Waals surface area contributed by atoms with Crippen LogP contribution in [0, 0.1) is 13.3 Å². The minimum atomic E-state index is -0.943. The number of likely N-dealkylation sites (tertiary alicyclic amines) is 1. The van der Waals surface area contributed by atoms with Crippen LogP contribution in [0.15, 0.2) is 92.3 Å². The van der Waals surface area contributed by atoms with Gasteiger partial charge in [0, 0.05) is 50.7 Å².